The van der Waals surface area contributed by atoms with Crippen LogP contribution in [0.25, 0.3) is 0 Å². The second-order valence-electron chi connectivity index (χ2n) is 6.68. The van der Waals surface area contributed by atoms with E-state index in [4.69, 9.17) is 0 Å². The summed E-state index contributed by atoms with van der Waals surface area (Å²) in [4.78, 5) is 25.9. The molecule has 1 atom stereocenters. The highest BCUT2D eigenvalue weighted by molar-refractivity contribution is 5.84. The monoisotopic (exact) mass is 306 g/mol. The van der Waals surface area contributed by atoms with Crippen LogP contribution in [0.15, 0.2) is 0 Å². The lowest BCUT2D eigenvalue weighted by atomic mass is 9.82. The third-order valence-electron chi connectivity index (χ3n) is 4.66. The van der Waals surface area contributed by atoms with Crippen molar-refractivity contribution < 1.29 is 9.59 Å². The van der Waals surface area contributed by atoms with Gasteiger partial charge in [0.2, 0.25) is 11.8 Å². The van der Waals surface area contributed by atoms with E-state index in [1.165, 1.54) is 0 Å². The zero-order valence-corrected chi connectivity index (χ0v) is 13.5. The molecule has 2 fully saturated rings. The van der Waals surface area contributed by atoms with Crippen molar-refractivity contribution in [2.24, 2.45) is 0 Å². The Morgan fingerprint density at radius 2 is 1.95 bits per heavy atom. The maximum atomic E-state index is 12.4. The third-order valence-corrected chi connectivity index (χ3v) is 4.66. The molecular weight excluding hydrogens is 280 g/mol. The third kappa shape index (κ3) is 4.44. The van der Waals surface area contributed by atoms with E-state index in [0.29, 0.717) is 18.9 Å². The standard InChI is InChI=1S/C16H26N4O2/c1-12(20(2)10-14(21)18-13-6-7-13)15(22)19-16(11-17)8-4-3-5-9-16/h12-13H,3-10H2,1-2H3,(H,18,21)(H,19,22)/t12-/m0/s1. The van der Waals surface area contributed by atoms with Crippen LogP contribution in [-0.2, 0) is 9.59 Å². The van der Waals surface area contributed by atoms with E-state index in [2.05, 4.69) is 16.7 Å². The van der Waals surface area contributed by atoms with Crippen LogP contribution < -0.4 is 10.6 Å². The summed E-state index contributed by atoms with van der Waals surface area (Å²) in [7, 11) is 1.76. The van der Waals surface area contributed by atoms with Crippen LogP contribution in [0.1, 0.15) is 51.9 Å². The molecule has 0 aromatic carbocycles. The van der Waals surface area contributed by atoms with Gasteiger partial charge in [0.25, 0.3) is 0 Å². The van der Waals surface area contributed by atoms with E-state index in [1.54, 1.807) is 18.9 Å². The summed E-state index contributed by atoms with van der Waals surface area (Å²) >= 11 is 0. The molecule has 2 aliphatic rings. The Morgan fingerprint density at radius 3 is 2.50 bits per heavy atom. The van der Waals surface area contributed by atoms with Crippen LogP contribution in [0.4, 0.5) is 0 Å². The molecule has 0 aromatic rings. The van der Waals surface area contributed by atoms with Crippen molar-refractivity contribution in [3.63, 3.8) is 0 Å². The van der Waals surface area contributed by atoms with E-state index in [-0.39, 0.29) is 18.4 Å². The van der Waals surface area contributed by atoms with Gasteiger partial charge in [-0.25, -0.2) is 0 Å². The van der Waals surface area contributed by atoms with Crippen molar-refractivity contribution in [1.29, 1.82) is 5.26 Å². The molecule has 0 radical (unpaired) electrons. The smallest absolute Gasteiger partial charge is 0.238 e. The van der Waals surface area contributed by atoms with Crippen LogP contribution in [0, 0.1) is 11.3 Å². The first-order valence-corrected chi connectivity index (χ1v) is 8.19. The Hall–Kier alpha value is -1.61. The lowest BCUT2D eigenvalue weighted by Crippen LogP contribution is -2.55. The van der Waals surface area contributed by atoms with Crippen LogP contribution in [0.3, 0.4) is 0 Å². The summed E-state index contributed by atoms with van der Waals surface area (Å²) in [5.74, 6) is -0.220. The number of likely N-dealkylation sites (N-methyl/N-ethyl adjacent to an activating group) is 1. The molecule has 122 valence electrons. The largest absolute Gasteiger partial charge is 0.352 e. The Kier molecular flexibility index (Phi) is 5.41. The van der Waals surface area contributed by atoms with Crippen molar-refractivity contribution in [3.05, 3.63) is 0 Å². The highest BCUT2D eigenvalue weighted by Gasteiger charge is 2.35. The van der Waals surface area contributed by atoms with E-state index < -0.39 is 11.6 Å². The first-order chi connectivity index (χ1) is 10.5. The van der Waals surface area contributed by atoms with Gasteiger partial charge >= 0.3 is 0 Å². The summed E-state index contributed by atoms with van der Waals surface area (Å²) in [5, 5.41) is 15.2. The topological polar surface area (TPSA) is 85.2 Å². The van der Waals surface area contributed by atoms with Gasteiger partial charge < -0.3 is 10.6 Å². The van der Waals surface area contributed by atoms with Crippen molar-refractivity contribution >= 4 is 11.8 Å². The predicted molar refractivity (Wildman–Crippen MR) is 82.8 cm³/mol. The number of amides is 2. The van der Waals surface area contributed by atoms with E-state index in [0.717, 1.165) is 32.1 Å². The summed E-state index contributed by atoms with van der Waals surface area (Å²) in [5.41, 5.74) is -0.722. The molecule has 2 N–H and O–H groups in total. The molecule has 6 nitrogen and oxygen atoms in total. The van der Waals surface area contributed by atoms with Crippen LogP contribution in [0.5, 0.6) is 0 Å². The van der Waals surface area contributed by atoms with Crippen molar-refractivity contribution in [2.75, 3.05) is 13.6 Å². The van der Waals surface area contributed by atoms with Gasteiger partial charge in [-0.2, -0.15) is 5.26 Å². The van der Waals surface area contributed by atoms with E-state index >= 15 is 0 Å². The fourth-order valence-electron chi connectivity index (χ4n) is 2.82. The number of hydrogen-bond acceptors (Lipinski definition) is 4. The molecule has 2 saturated carbocycles. The van der Waals surface area contributed by atoms with E-state index in [9.17, 15) is 14.9 Å². The molecule has 0 bridgehead atoms. The Balaban J connectivity index is 1.84. The van der Waals surface area contributed by atoms with Gasteiger partial charge in [0.15, 0.2) is 0 Å². The molecule has 0 heterocycles. The molecule has 0 aromatic heterocycles. The molecule has 0 aliphatic heterocycles. The lowest BCUT2D eigenvalue weighted by molar-refractivity contribution is -0.129. The molecule has 0 unspecified atom stereocenters. The first-order valence-electron chi connectivity index (χ1n) is 8.19. The lowest BCUT2D eigenvalue weighted by Gasteiger charge is -2.34. The van der Waals surface area contributed by atoms with Gasteiger partial charge in [-0.15, -0.1) is 0 Å². The summed E-state index contributed by atoms with van der Waals surface area (Å²) in [6.45, 7) is 1.97. The normalized spacial score (nSPS) is 21.7. The predicted octanol–water partition coefficient (Wildman–Crippen LogP) is 0.928. The Morgan fingerprint density at radius 1 is 1.32 bits per heavy atom. The number of nitriles is 1. The van der Waals surface area contributed by atoms with Crippen LogP contribution in [0.2, 0.25) is 0 Å². The summed E-state index contributed by atoms with van der Waals surface area (Å²) in [6, 6.07) is 2.18. The molecule has 0 spiro atoms. The minimum Gasteiger partial charge on any atom is -0.352 e. The summed E-state index contributed by atoms with van der Waals surface area (Å²) < 4.78 is 0. The van der Waals surface area contributed by atoms with Crippen LogP contribution >= 0.6 is 0 Å². The molecule has 22 heavy (non-hydrogen) atoms. The van der Waals surface area contributed by atoms with Gasteiger partial charge in [-0.05, 0) is 39.7 Å². The zero-order valence-electron chi connectivity index (χ0n) is 13.5. The second kappa shape index (κ2) is 7.10. The molecule has 2 amide bonds. The first kappa shape index (κ1) is 16.8. The van der Waals surface area contributed by atoms with Crippen molar-refractivity contribution in [3.8, 4) is 6.07 Å². The highest BCUT2D eigenvalue weighted by atomic mass is 16.2. The minimum atomic E-state index is -0.722. The number of nitrogens with zero attached hydrogens (tertiary/aromatic N) is 2. The minimum absolute atomic E-state index is 0.0442. The van der Waals surface area contributed by atoms with Crippen LogP contribution in [-0.4, -0.2) is 47.9 Å². The SMILES string of the molecule is C[C@@H](C(=O)NC1(C#N)CCCCC1)N(C)CC(=O)NC1CC1. The van der Waals surface area contributed by atoms with Gasteiger partial charge in [-0.1, -0.05) is 19.3 Å². The van der Waals surface area contributed by atoms with Gasteiger partial charge in [-0.3, -0.25) is 14.5 Å². The van der Waals surface area contributed by atoms with Gasteiger partial charge in [0.05, 0.1) is 18.7 Å². The highest BCUT2D eigenvalue weighted by Crippen LogP contribution is 2.27. The average molecular weight is 306 g/mol. The number of hydrogen-bond donors (Lipinski definition) is 2. The Labute approximate surface area is 132 Å². The van der Waals surface area contributed by atoms with E-state index in [1.807, 2.05) is 0 Å². The molecule has 2 aliphatic carbocycles. The fourth-order valence-corrected chi connectivity index (χ4v) is 2.82. The molecular formula is C16H26N4O2. The number of carbonyl (C=O) groups excluding carboxylic acids is 2. The molecule has 0 saturated heterocycles. The summed E-state index contributed by atoms with van der Waals surface area (Å²) in [6.07, 6.45) is 6.61. The number of carbonyl (C=O) groups is 2. The van der Waals surface area contributed by atoms with Gasteiger partial charge in [0.1, 0.15) is 5.54 Å². The Bertz CT molecular complexity index is 461. The van der Waals surface area contributed by atoms with Crippen molar-refractivity contribution in [2.45, 2.75) is 69.5 Å². The zero-order chi connectivity index (χ0) is 16.2. The molecule has 2 rings (SSSR count). The molecule has 6 heteroatoms. The van der Waals surface area contributed by atoms with Crippen molar-refractivity contribution in [1.82, 2.24) is 15.5 Å². The number of rotatable bonds is 6. The fraction of sp³-hybridized carbons (Fsp3) is 0.812. The number of nitrogens with one attached hydrogen (secondary N) is 2. The quantitative estimate of drug-likeness (QED) is 0.764. The maximum absolute atomic E-state index is 12.4. The average Bonchev–Trinajstić information content (AvgIpc) is 3.31. The maximum Gasteiger partial charge on any atom is 0.238 e. The van der Waals surface area contributed by atoms with Gasteiger partial charge in [0, 0.05) is 6.04 Å². The second-order valence-corrected chi connectivity index (χ2v) is 6.68.